The maximum atomic E-state index is 6.73. The van der Waals surface area contributed by atoms with Gasteiger partial charge in [-0.05, 0) is 130 Å². The molecule has 0 fully saturated rings. The van der Waals surface area contributed by atoms with E-state index in [0.717, 1.165) is 60.9 Å². The molecule has 4 aliphatic carbocycles. The van der Waals surface area contributed by atoms with Gasteiger partial charge in [0.05, 0.1) is 10.8 Å². The van der Waals surface area contributed by atoms with Gasteiger partial charge in [0.15, 0.2) is 17.5 Å². The lowest BCUT2D eigenvalue weighted by atomic mass is 9.52. The topological polar surface area (TPSA) is 51.8 Å². The summed E-state index contributed by atoms with van der Waals surface area (Å²) in [6.07, 6.45) is 0. The molecule has 0 N–H and O–H groups in total. The van der Waals surface area contributed by atoms with Crippen molar-refractivity contribution in [3.05, 3.63) is 304 Å². The number of para-hydroxylation sites is 1. The van der Waals surface area contributed by atoms with Gasteiger partial charge < -0.3 is 4.42 Å². The van der Waals surface area contributed by atoms with Crippen LogP contribution in [0.15, 0.2) is 253 Å². The summed E-state index contributed by atoms with van der Waals surface area (Å²) in [6.45, 7) is 4.65. The highest BCUT2D eigenvalue weighted by molar-refractivity contribution is 6.08. The number of benzene rings is 11. The molecule has 13 aromatic rings. The second-order valence-electron chi connectivity index (χ2n) is 22.1. The molecule has 0 saturated carbocycles. The molecule has 0 bridgehead atoms. The maximum absolute atomic E-state index is 6.73. The van der Waals surface area contributed by atoms with Gasteiger partial charge >= 0.3 is 0 Å². The summed E-state index contributed by atoms with van der Waals surface area (Å²) in [7, 11) is 0. The lowest BCUT2D eigenvalue weighted by Crippen LogP contribution is -2.43. The number of fused-ring (bicyclic) bond motifs is 22. The van der Waals surface area contributed by atoms with Gasteiger partial charge in [0, 0.05) is 32.9 Å². The first kappa shape index (κ1) is 43.5. The Morgan fingerprint density at radius 3 is 1.26 bits per heavy atom. The zero-order valence-electron chi connectivity index (χ0n) is 42.9. The predicted molar refractivity (Wildman–Crippen MR) is 315 cm³/mol. The number of nitrogens with zero attached hydrogens (tertiary/aromatic N) is 3. The van der Waals surface area contributed by atoms with Crippen LogP contribution in [0.1, 0.15) is 69.5 Å². The fourth-order valence-electron chi connectivity index (χ4n) is 14.7. The first-order valence-corrected chi connectivity index (χ1v) is 27.1. The van der Waals surface area contributed by atoms with E-state index in [1.165, 1.54) is 77.9 Å². The molecule has 4 heteroatoms. The Kier molecular flexibility index (Phi) is 8.73. The van der Waals surface area contributed by atoms with Gasteiger partial charge in [-0.2, -0.15) is 0 Å². The highest BCUT2D eigenvalue weighted by Crippen LogP contribution is 2.68. The highest BCUT2D eigenvalue weighted by atomic mass is 16.3. The fourth-order valence-corrected chi connectivity index (χ4v) is 14.7. The van der Waals surface area contributed by atoms with Crippen LogP contribution < -0.4 is 0 Å². The molecule has 2 spiro atoms. The minimum absolute atomic E-state index is 0.196. The summed E-state index contributed by atoms with van der Waals surface area (Å²) >= 11 is 0. The summed E-state index contributed by atoms with van der Waals surface area (Å²) in [5.74, 6) is 1.87. The predicted octanol–water partition coefficient (Wildman–Crippen LogP) is 17.8. The quantitative estimate of drug-likeness (QED) is 0.176. The summed E-state index contributed by atoms with van der Waals surface area (Å²) in [5, 5.41) is 2.21. The summed E-state index contributed by atoms with van der Waals surface area (Å²) < 4.78 is 6.73. The third kappa shape index (κ3) is 5.60. The molecule has 78 heavy (non-hydrogen) atoms. The van der Waals surface area contributed by atoms with Crippen molar-refractivity contribution < 1.29 is 4.42 Å². The Bertz CT molecular complexity index is 4620. The van der Waals surface area contributed by atoms with Crippen LogP contribution in [0.3, 0.4) is 0 Å². The van der Waals surface area contributed by atoms with Crippen molar-refractivity contribution in [2.75, 3.05) is 0 Å². The normalized spacial score (nSPS) is 14.8. The van der Waals surface area contributed by atoms with Crippen molar-refractivity contribution in [1.82, 2.24) is 15.0 Å². The Labute approximate surface area is 452 Å². The Balaban J connectivity index is 0.933. The largest absolute Gasteiger partial charge is 0.456 e. The van der Waals surface area contributed by atoms with Gasteiger partial charge in [-0.25, -0.2) is 15.0 Å². The first-order valence-electron chi connectivity index (χ1n) is 27.1. The van der Waals surface area contributed by atoms with E-state index in [-0.39, 0.29) is 5.41 Å². The van der Waals surface area contributed by atoms with Crippen LogP contribution in [-0.2, 0) is 16.2 Å². The lowest BCUT2D eigenvalue weighted by molar-refractivity contribution is 0.633. The van der Waals surface area contributed by atoms with Crippen molar-refractivity contribution in [3.8, 4) is 78.7 Å². The average Bonchev–Trinajstić information content (AvgIpc) is 4.26. The van der Waals surface area contributed by atoms with Crippen molar-refractivity contribution in [2.45, 2.75) is 30.1 Å². The van der Waals surface area contributed by atoms with Gasteiger partial charge in [-0.1, -0.05) is 232 Å². The lowest BCUT2D eigenvalue weighted by Gasteiger charge is -2.48. The van der Waals surface area contributed by atoms with Gasteiger partial charge in [-0.3, -0.25) is 0 Å². The van der Waals surface area contributed by atoms with Crippen molar-refractivity contribution >= 4 is 21.9 Å². The molecule has 2 heterocycles. The molecule has 364 valence electrons. The van der Waals surface area contributed by atoms with Crippen LogP contribution in [0.4, 0.5) is 0 Å². The molecular formula is C74H47N3O. The van der Waals surface area contributed by atoms with E-state index in [0.29, 0.717) is 17.5 Å². The fraction of sp³-hybridized carbons (Fsp3) is 0.0676. The van der Waals surface area contributed by atoms with Crippen LogP contribution in [-0.4, -0.2) is 15.0 Å². The second kappa shape index (κ2) is 15.7. The summed E-state index contributed by atoms with van der Waals surface area (Å²) in [5.41, 5.74) is 25.5. The van der Waals surface area contributed by atoms with E-state index in [1.807, 2.05) is 0 Å². The molecule has 4 nitrogen and oxygen atoms in total. The van der Waals surface area contributed by atoms with Crippen molar-refractivity contribution in [3.63, 3.8) is 0 Å². The molecule has 11 aromatic carbocycles. The molecule has 0 unspecified atom stereocenters. The smallest absolute Gasteiger partial charge is 0.164 e. The van der Waals surface area contributed by atoms with Crippen LogP contribution in [0.5, 0.6) is 0 Å². The Morgan fingerprint density at radius 1 is 0.256 bits per heavy atom. The zero-order valence-corrected chi connectivity index (χ0v) is 42.9. The van der Waals surface area contributed by atoms with E-state index in [4.69, 9.17) is 19.4 Å². The van der Waals surface area contributed by atoms with Crippen LogP contribution in [0.2, 0.25) is 0 Å². The van der Waals surface area contributed by atoms with Crippen molar-refractivity contribution in [2.24, 2.45) is 0 Å². The third-order valence-corrected chi connectivity index (χ3v) is 18.0. The molecule has 0 radical (unpaired) electrons. The average molecular weight is 994 g/mol. The van der Waals surface area contributed by atoms with Gasteiger partial charge in [-0.15, -0.1) is 0 Å². The minimum atomic E-state index is -0.759. The first-order chi connectivity index (χ1) is 38.4. The molecule has 17 rings (SSSR count). The minimum Gasteiger partial charge on any atom is -0.456 e. The monoisotopic (exact) mass is 993 g/mol. The number of hydrogen-bond donors (Lipinski definition) is 0. The van der Waals surface area contributed by atoms with Crippen molar-refractivity contribution in [1.29, 1.82) is 0 Å². The third-order valence-electron chi connectivity index (χ3n) is 18.0. The van der Waals surface area contributed by atoms with E-state index in [1.54, 1.807) is 0 Å². The van der Waals surface area contributed by atoms with Gasteiger partial charge in [0.1, 0.15) is 11.2 Å². The van der Waals surface area contributed by atoms with E-state index < -0.39 is 10.8 Å². The Hall–Kier alpha value is -9.77. The van der Waals surface area contributed by atoms with E-state index >= 15 is 0 Å². The van der Waals surface area contributed by atoms with Crippen LogP contribution >= 0.6 is 0 Å². The number of rotatable bonds is 4. The summed E-state index contributed by atoms with van der Waals surface area (Å²) in [4.78, 5) is 16.4. The SMILES string of the molecule is CC1(C)c2ccccc2-c2ccc(-c3nc(-c4ccc(-c5ccccc5)cc4)nc(-c4ccc5c(c4)C4(c6cc7c(cc6-5)oc5ccccc57)c5ccccc5C5(c6ccccc6-c6ccccc65)c5ccccc54)n3)cc21. The van der Waals surface area contributed by atoms with Crippen LogP contribution in [0, 0.1) is 0 Å². The standard InChI is InChI=1S/C74H47N3O/c1-72(2)57-24-10-6-20-49(57)52-38-36-47(40-64(52)72)70-75-69(46-34-32-45(33-35-46)44-18-4-3-5-19-44)76-71(77-70)48-37-39-53-55-43-68-56(54-23-9-17-31-67(54)78-68)42-66(55)74(65(53)41-48)62-29-15-13-27-60(62)73(61-28-14-16-30-63(61)74)58-25-11-7-21-50(58)51-22-8-12-26-59(51)73/h3-43H,1-2H3. The van der Waals surface area contributed by atoms with E-state index in [2.05, 4.69) is 263 Å². The van der Waals surface area contributed by atoms with Crippen LogP contribution in [0.25, 0.3) is 101 Å². The number of hydrogen-bond acceptors (Lipinski definition) is 4. The Morgan fingerprint density at radius 2 is 0.654 bits per heavy atom. The molecule has 0 amide bonds. The molecular weight excluding hydrogens is 947 g/mol. The van der Waals surface area contributed by atoms with Gasteiger partial charge in [0.25, 0.3) is 0 Å². The maximum Gasteiger partial charge on any atom is 0.164 e. The van der Waals surface area contributed by atoms with Gasteiger partial charge in [0.2, 0.25) is 0 Å². The summed E-state index contributed by atoms with van der Waals surface area (Å²) in [6, 6.07) is 91.6. The molecule has 0 aliphatic heterocycles. The molecule has 0 saturated heterocycles. The second-order valence-corrected chi connectivity index (χ2v) is 22.1. The molecule has 2 aromatic heterocycles. The number of aromatic nitrogens is 3. The zero-order chi connectivity index (χ0) is 51.5. The highest BCUT2D eigenvalue weighted by Gasteiger charge is 2.59. The van der Waals surface area contributed by atoms with E-state index in [9.17, 15) is 0 Å². The molecule has 0 atom stereocenters. The number of furan rings is 1. The molecule has 4 aliphatic rings.